The first-order chi connectivity index (χ1) is 14.8. The van der Waals surface area contributed by atoms with E-state index < -0.39 is 23.8 Å². The number of carbonyl (C=O) groups excluding carboxylic acids is 4. The van der Waals surface area contributed by atoms with Crippen molar-refractivity contribution in [3.8, 4) is 0 Å². The molecule has 31 heavy (non-hydrogen) atoms. The number of hydrogen-bond acceptors (Lipinski definition) is 6. The van der Waals surface area contributed by atoms with E-state index in [1.54, 1.807) is 12.1 Å². The average molecular weight is 425 g/mol. The Kier molecular flexibility index (Phi) is 4.94. The van der Waals surface area contributed by atoms with E-state index >= 15 is 0 Å². The molecule has 0 radical (unpaired) electrons. The molecule has 0 aromatic heterocycles. The second kappa shape index (κ2) is 7.53. The molecule has 2 N–H and O–H groups in total. The Labute approximate surface area is 181 Å². The molecular formula is C23H28N4O4. The molecule has 1 saturated carbocycles. The van der Waals surface area contributed by atoms with E-state index in [4.69, 9.17) is 0 Å². The number of nitrogens with zero attached hydrogens (tertiary/aromatic N) is 2. The van der Waals surface area contributed by atoms with Gasteiger partial charge in [0, 0.05) is 18.5 Å². The molecule has 1 unspecified atom stereocenters. The molecule has 3 saturated heterocycles. The van der Waals surface area contributed by atoms with E-state index in [0.717, 1.165) is 35.9 Å². The van der Waals surface area contributed by atoms with Crippen LogP contribution in [0.1, 0.15) is 64.8 Å². The number of imide groups is 2. The molecule has 4 heterocycles. The van der Waals surface area contributed by atoms with Crippen LogP contribution in [0.5, 0.6) is 0 Å². The lowest BCUT2D eigenvalue weighted by Gasteiger charge is -2.54. The highest BCUT2D eigenvalue weighted by molar-refractivity contribution is 6.23. The van der Waals surface area contributed by atoms with Crippen LogP contribution in [0, 0.1) is 5.92 Å². The predicted octanol–water partition coefficient (Wildman–Crippen LogP) is 1.05. The molecular weight excluding hydrogens is 396 g/mol. The van der Waals surface area contributed by atoms with Crippen molar-refractivity contribution < 1.29 is 19.2 Å². The van der Waals surface area contributed by atoms with Gasteiger partial charge >= 0.3 is 0 Å². The van der Waals surface area contributed by atoms with Gasteiger partial charge in [-0.3, -0.25) is 29.4 Å². The highest BCUT2D eigenvalue weighted by Crippen LogP contribution is 2.45. The minimum Gasteiger partial charge on any atom is -0.311 e. The Hall–Kier alpha value is -2.58. The topological polar surface area (TPSA) is 98.8 Å². The summed E-state index contributed by atoms with van der Waals surface area (Å²) in [4.78, 5) is 52.6. The van der Waals surface area contributed by atoms with Crippen molar-refractivity contribution in [2.24, 2.45) is 5.92 Å². The quantitative estimate of drug-likeness (QED) is 0.663. The van der Waals surface area contributed by atoms with E-state index in [0.29, 0.717) is 23.2 Å². The van der Waals surface area contributed by atoms with Gasteiger partial charge in [0.15, 0.2) is 0 Å². The average Bonchev–Trinajstić information content (AvgIpc) is 2.97. The first-order valence-corrected chi connectivity index (χ1v) is 11.1. The Balaban J connectivity index is 1.24. The van der Waals surface area contributed by atoms with Gasteiger partial charge < -0.3 is 10.2 Å². The normalized spacial score (nSPS) is 29.8. The van der Waals surface area contributed by atoms with Crippen molar-refractivity contribution in [2.45, 2.75) is 56.7 Å². The summed E-state index contributed by atoms with van der Waals surface area (Å²) in [5, 5.41) is 5.92. The molecule has 8 heteroatoms. The number of benzene rings is 1. The minimum atomic E-state index is -0.926. The summed E-state index contributed by atoms with van der Waals surface area (Å²) in [6.45, 7) is 2.78. The standard InChI is InChI=1S/C23H28N4O4/c1-26(9-7-23-11-15(12-23)6-8-24-23)13-14-2-3-16-17(10-14)22(31)27(21(16)30)18-4-5-19(28)25-20(18)29/h2-3,10,15,18,24H,4-9,11-13H2,1H3,(H,25,28,29). The zero-order chi connectivity index (χ0) is 21.8. The number of carbonyl (C=O) groups is 4. The number of nitrogens with one attached hydrogen (secondary N) is 2. The van der Waals surface area contributed by atoms with E-state index in [9.17, 15) is 19.2 Å². The van der Waals surface area contributed by atoms with E-state index in [1.165, 1.54) is 19.3 Å². The van der Waals surface area contributed by atoms with E-state index in [-0.39, 0.29) is 18.7 Å². The van der Waals surface area contributed by atoms with Gasteiger partial charge in [0.1, 0.15) is 6.04 Å². The lowest BCUT2D eigenvalue weighted by Crippen LogP contribution is -2.61. The SMILES string of the molecule is CN(CCC12CC(CCN1)C2)Cc1ccc2c(c1)C(=O)N(C1CCC(=O)NC1=O)C2=O. The maximum Gasteiger partial charge on any atom is 0.262 e. The third-order valence-corrected chi connectivity index (χ3v) is 7.34. The number of rotatable bonds is 6. The molecule has 164 valence electrons. The van der Waals surface area contributed by atoms with Gasteiger partial charge in [-0.25, -0.2) is 0 Å². The molecule has 2 bridgehead atoms. The fraction of sp³-hybridized carbons (Fsp3) is 0.565. The molecule has 6 rings (SSSR count). The number of fused-ring (bicyclic) bond motifs is 3. The molecule has 4 aliphatic heterocycles. The predicted molar refractivity (Wildman–Crippen MR) is 112 cm³/mol. The molecule has 4 amide bonds. The Morgan fingerprint density at radius 1 is 1.10 bits per heavy atom. The third kappa shape index (κ3) is 3.57. The maximum absolute atomic E-state index is 13.0. The van der Waals surface area contributed by atoms with Crippen LogP contribution < -0.4 is 10.6 Å². The highest BCUT2D eigenvalue weighted by atomic mass is 16.2. The summed E-state index contributed by atoms with van der Waals surface area (Å²) < 4.78 is 0. The van der Waals surface area contributed by atoms with E-state index in [2.05, 4.69) is 22.6 Å². The van der Waals surface area contributed by atoms with Crippen molar-refractivity contribution in [3.63, 3.8) is 0 Å². The van der Waals surface area contributed by atoms with Crippen molar-refractivity contribution in [2.75, 3.05) is 20.1 Å². The lowest BCUT2D eigenvalue weighted by molar-refractivity contribution is -0.136. The number of amides is 4. The number of hydrogen-bond donors (Lipinski definition) is 2. The van der Waals surface area contributed by atoms with Gasteiger partial charge in [-0.2, -0.15) is 0 Å². The van der Waals surface area contributed by atoms with Crippen molar-refractivity contribution in [1.29, 1.82) is 0 Å². The van der Waals surface area contributed by atoms with Gasteiger partial charge in [-0.1, -0.05) is 6.07 Å². The lowest BCUT2D eigenvalue weighted by atomic mass is 9.62. The van der Waals surface area contributed by atoms with Gasteiger partial charge in [0.25, 0.3) is 11.8 Å². The molecule has 5 aliphatic rings. The minimum absolute atomic E-state index is 0.122. The molecule has 4 fully saturated rings. The fourth-order valence-electron chi connectivity index (χ4n) is 5.64. The first kappa shape index (κ1) is 20.3. The molecule has 1 atom stereocenters. The summed E-state index contributed by atoms with van der Waals surface area (Å²) in [6.07, 6.45) is 5.28. The van der Waals surface area contributed by atoms with Crippen molar-refractivity contribution in [3.05, 3.63) is 34.9 Å². The first-order valence-electron chi connectivity index (χ1n) is 11.1. The van der Waals surface area contributed by atoms with Crippen LogP contribution in [0.4, 0.5) is 0 Å². The van der Waals surface area contributed by atoms with Gasteiger partial charge in [-0.05, 0) is 75.9 Å². The zero-order valence-electron chi connectivity index (χ0n) is 17.8. The third-order valence-electron chi connectivity index (χ3n) is 7.34. The summed E-state index contributed by atoms with van der Waals surface area (Å²) in [5.41, 5.74) is 1.95. The van der Waals surface area contributed by atoms with Crippen molar-refractivity contribution in [1.82, 2.24) is 20.4 Å². The van der Waals surface area contributed by atoms with Crippen LogP contribution in [-0.2, 0) is 16.1 Å². The second-order valence-electron chi connectivity index (χ2n) is 9.58. The van der Waals surface area contributed by atoms with Crippen LogP contribution in [0.25, 0.3) is 0 Å². The number of piperidine rings is 3. The van der Waals surface area contributed by atoms with Crippen molar-refractivity contribution >= 4 is 23.6 Å². The Morgan fingerprint density at radius 3 is 2.58 bits per heavy atom. The molecule has 8 nitrogen and oxygen atoms in total. The smallest absolute Gasteiger partial charge is 0.262 e. The van der Waals surface area contributed by atoms with Crippen LogP contribution in [0.2, 0.25) is 0 Å². The fourth-order valence-corrected chi connectivity index (χ4v) is 5.64. The Bertz CT molecular complexity index is 963. The Morgan fingerprint density at radius 2 is 1.87 bits per heavy atom. The van der Waals surface area contributed by atoms with Gasteiger partial charge in [-0.15, -0.1) is 0 Å². The largest absolute Gasteiger partial charge is 0.311 e. The van der Waals surface area contributed by atoms with Crippen LogP contribution in [-0.4, -0.2) is 65.1 Å². The maximum atomic E-state index is 13.0. The van der Waals surface area contributed by atoms with Crippen LogP contribution in [0.15, 0.2) is 18.2 Å². The molecule has 1 aromatic rings. The monoisotopic (exact) mass is 424 g/mol. The van der Waals surface area contributed by atoms with Gasteiger partial charge in [0.05, 0.1) is 11.1 Å². The summed E-state index contributed by atoms with van der Waals surface area (Å²) in [7, 11) is 2.07. The summed E-state index contributed by atoms with van der Waals surface area (Å²) >= 11 is 0. The molecule has 1 aromatic carbocycles. The summed E-state index contributed by atoms with van der Waals surface area (Å²) in [6, 6.07) is 4.41. The molecule has 0 spiro atoms. The second-order valence-corrected chi connectivity index (χ2v) is 9.58. The highest BCUT2D eigenvalue weighted by Gasteiger charge is 2.46. The van der Waals surface area contributed by atoms with Gasteiger partial charge in [0.2, 0.25) is 11.8 Å². The zero-order valence-corrected chi connectivity index (χ0v) is 17.8. The summed E-state index contributed by atoms with van der Waals surface area (Å²) in [5.74, 6) is -0.969. The van der Waals surface area contributed by atoms with E-state index in [1.807, 2.05) is 6.07 Å². The van der Waals surface area contributed by atoms with Crippen LogP contribution >= 0.6 is 0 Å². The van der Waals surface area contributed by atoms with Crippen LogP contribution in [0.3, 0.4) is 0 Å². The molecule has 1 aliphatic carbocycles.